The standard InChI is InChI=1S/C12H16N2O/c1-9-6-12(15)14(7-9)8-10-2-4-11(13)5-3-10/h2-5,9H,6-8,13H2,1H3. The average Bonchev–Trinajstić information content (AvgIpc) is 2.49. The average molecular weight is 204 g/mol. The van der Waals surface area contributed by atoms with Crippen LogP contribution in [0, 0.1) is 5.92 Å². The molecule has 0 spiro atoms. The number of amides is 1. The first-order chi connectivity index (χ1) is 7.15. The number of carbonyl (C=O) groups is 1. The maximum atomic E-state index is 11.6. The highest BCUT2D eigenvalue weighted by molar-refractivity contribution is 5.78. The van der Waals surface area contributed by atoms with Gasteiger partial charge in [-0.15, -0.1) is 0 Å². The number of anilines is 1. The molecular formula is C12H16N2O. The fourth-order valence-corrected chi connectivity index (χ4v) is 1.97. The summed E-state index contributed by atoms with van der Waals surface area (Å²) in [5.74, 6) is 0.755. The van der Waals surface area contributed by atoms with Gasteiger partial charge in [0.25, 0.3) is 0 Å². The normalized spacial score (nSPS) is 21.0. The molecule has 3 nitrogen and oxygen atoms in total. The van der Waals surface area contributed by atoms with Gasteiger partial charge < -0.3 is 10.6 Å². The van der Waals surface area contributed by atoms with E-state index in [1.807, 2.05) is 29.2 Å². The minimum atomic E-state index is 0.263. The van der Waals surface area contributed by atoms with E-state index >= 15 is 0 Å². The number of hydrogen-bond acceptors (Lipinski definition) is 2. The van der Waals surface area contributed by atoms with E-state index in [1.165, 1.54) is 0 Å². The Labute approximate surface area is 89.9 Å². The summed E-state index contributed by atoms with van der Waals surface area (Å²) in [7, 11) is 0. The van der Waals surface area contributed by atoms with Crippen LogP contribution in [-0.2, 0) is 11.3 Å². The van der Waals surface area contributed by atoms with Gasteiger partial charge in [0, 0.05) is 25.2 Å². The van der Waals surface area contributed by atoms with Gasteiger partial charge in [0.1, 0.15) is 0 Å². The van der Waals surface area contributed by atoms with E-state index < -0.39 is 0 Å². The molecule has 15 heavy (non-hydrogen) atoms. The largest absolute Gasteiger partial charge is 0.399 e. The molecular weight excluding hydrogens is 188 g/mol. The smallest absolute Gasteiger partial charge is 0.223 e. The van der Waals surface area contributed by atoms with E-state index in [2.05, 4.69) is 6.92 Å². The molecule has 0 bridgehead atoms. The Morgan fingerprint density at radius 2 is 2.07 bits per heavy atom. The third-order valence-corrected chi connectivity index (χ3v) is 2.76. The van der Waals surface area contributed by atoms with Crippen molar-refractivity contribution in [1.82, 2.24) is 4.90 Å². The fourth-order valence-electron chi connectivity index (χ4n) is 1.97. The number of likely N-dealkylation sites (tertiary alicyclic amines) is 1. The lowest BCUT2D eigenvalue weighted by Crippen LogP contribution is -2.24. The van der Waals surface area contributed by atoms with E-state index in [4.69, 9.17) is 5.73 Å². The molecule has 1 aliphatic heterocycles. The summed E-state index contributed by atoms with van der Waals surface area (Å²) in [6.07, 6.45) is 0.689. The third kappa shape index (κ3) is 2.29. The van der Waals surface area contributed by atoms with Crippen molar-refractivity contribution < 1.29 is 4.79 Å². The molecule has 1 aromatic carbocycles. The summed E-state index contributed by atoms with van der Waals surface area (Å²) in [6, 6.07) is 7.70. The molecule has 3 heteroatoms. The van der Waals surface area contributed by atoms with Gasteiger partial charge in [-0.05, 0) is 23.6 Å². The molecule has 2 N–H and O–H groups in total. The van der Waals surface area contributed by atoms with Crippen molar-refractivity contribution >= 4 is 11.6 Å². The molecule has 1 atom stereocenters. The Kier molecular flexibility index (Phi) is 2.62. The van der Waals surface area contributed by atoms with Crippen molar-refractivity contribution in [1.29, 1.82) is 0 Å². The maximum absolute atomic E-state index is 11.6. The summed E-state index contributed by atoms with van der Waals surface area (Å²) < 4.78 is 0. The van der Waals surface area contributed by atoms with Crippen LogP contribution in [0.3, 0.4) is 0 Å². The van der Waals surface area contributed by atoms with E-state index in [0.29, 0.717) is 18.9 Å². The second-order valence-electron chi connectivity index (χ2n) is 4.33. The van der Waals surface area contributed by atoms with Gasteiger partial charge in [0.15, 0.2) is 0 Å². The van der Waals surface area contributed by atoms with Gasteiger partial charge in [-0.1, -0.05) is 19.1 Å². The summed E-state index contributed by atoms with van der Waals surface area (Å²) >= 11 is 0. The van der Waals surface area contributed by atoms with Crippen LogP contribution in [0.25, 0.3) is 0 Å². The quantitative estimate of drug-likeness (QED) is 0.744. The summed E-state index contributed by atoms with van der Waals surface area (Å²) in [4.78, 5) is 13.5. The summed E-state index contributed by atoms with van der Waals surface area (Å²) in [6.45, 7) is 3.70. The molecule has 0 saturated carbocycles. The highest BCUT2D eigenvalue weighted by atomic mass is 16.2. The molecule has 1 amide bonds. The van der Waals surface area contributed by atoms with Crippen molar-refractivity contribution in [3.63, 3.8) is 0 Å². The first-order valence-corrected chi connectivity index (χ1v) is 5.27. The van der Waals surface area contributed by atoms with E-state index in [1.54, 1.807) is 0 Å². The van der Waals surface area contributed by atoms with Crippen molar-refractivity contribution in [3.05, 3.63) is 29.8 Å². The molecule has 1 aromatic rings. The molecule has 0 aromatic heterocycles. The van der Waals surface area contributed by atoms with Crippen molar-refractivity contribution in [3.8, 4) is 0 Å². The van der Waals surface area contributed by atoms with Gasteiger partial charge >= 0.3 is 0 Å². The second-order valence-corrected chi connectivity index (χ2v) is 4.33. The highest BCUT2D eigenvalue weighted by Crippen LogP contribution is 2.19. The monoisotopic (exact) mass is 204 g/mol. The van der Waals surface area contributed by atoms with E-state index in [9.17, 15) is 4.79 Å². The zero-order valence-electron chi connectivity index (χ0n) is 8.94. The second kappa shape index (κ2) is 3.93. The molecule has 1 heterocycles. The Balaban J connectivity index is 2.03. The summed E-state index contributed by atoms with van der Waals surface area (Å²) in [5.41, 5.74) is 7.51. The minimum absolute atomic E-state index is 0.263. The molecule has 1 unspecified atom stereocenters. The number of nitrogen functional groups attached to an aromatic ring is 1. The van der Waals surface area contributed by atoms with Crippen LogP contribution in [-0.4, -0.2) is 17.4 Å². The molecule has 1 fully saturated rings. The number of benzene rings is 1. The molecule has 0 aliphatic carbocycles. The zero-order valence-corrected chi connectivity index (χ0v) is 8.94. The zero-order chi connectivity index (χ0) is 10.8. The lowest BCUT2D eigenvalue weighted by molar-refractivity contribution is -0.128. The van der Waals surface area contributed by atoms with Crippen molar-refractivity contribution in [2.24, 2.45) is 5.92 Å². The minimum Gasteiger partial charge on any atom is -0.399 e. The molecule has 1 saturated heterocycles. The van der Waals surface area contributed by atoms with Gasteiger partial charge in [0.2, 0.25) is 5.91 Å². The van der Waals surface area contributed by atoms with Gasteiger partial charge in [-0.25, -0.2) is 0 Å². The first kappa shape index (κ1) is 10.0. The SMILES string of the molecule is CC1CC(=O)N(Cc2ccc(N)cc2)C1. The Hall–Kier alpha value is -1.51. The Bertz CT molecular complexity index is 358. The van der Waals surface area contributed by atoms with Crippen LogP contribution >= 0.6 is 0 Å². The van der Waals surface area contributed by atoms with Crippen LogP contribution in [0.15, 0.2) is 24.3 Å². The number of hydrogen-bond donors (Lipinski definition) is 1. The number of nitrogens with two attached hydrogens (primary N) is 1. The summed E-state index contributed by atoms with van der Waals surface area (Å²) in [5, 5.41) is 0. The number of carbonyl (C=O) groups excluding carboxylic acids is 1. The fraction of sp³-hybridized carbons (Fsp3) is 0.417. The highest BCUT2D eigenvalue weighted by Gasteiger charge is 2.25. The molecule has 80 valence electrons. The first-order valence-electron chi connectivity index (χ1n) is 5.27. The van der Waals surface area contributed by atoms with Gasteiger partial charge in [0.05, 0.1) is 0 Å². The maximum Gasteiger partial charge on any atom is 0.223 e. The lowest BCUT2D eigenvalue weighted by atomic mass is 10.2. The molecule has 1 aliphatic rings. The van der Waals surface area contributed by atoms with Crippen molar-refractivity contribution in [2.75, 3.05) is 12.3 Å². The third-order valence-electron chi connectivity index (χ3n) is 2.76. The lowest BCUT2D eigenvalue weighted by Gasteiger charge is -2.16. The van der Waals surface area contributed by atoms with Crippen molar-refractivity contribution in [2.45, 2.75) is 19.9 Å². The van der Waals surface area contributed by atoms with Gasteiger partial charge in [-0.2, -0.15) is 0 Å². The van der Waals surface area contributed by atoms with E-state index in [-0.39, 0.29) is 5.91 Å². The van der Waals surface area contributed by atoms with Crippen LogP contribution in [0.4, 0.5) is 5.69 Å². The molecule has 2 rings (SSSR count). The molecule has 0 radical (unpaired) electrons. The number of nitrogens with zero attached hydrogens (tertiary/aromatic N) is 1. The van der Waals surface area contributed by atoms with Crippen LogP contribution < -0.4 is 5.73 Å². The van der Waals surface area contributed by atoms with Gasteiger partial charge in [-0.3, -0.25) is 4.79 Å². The van der Waals surface area contributed by atoms with E-state index in [0.717, 1.165) is 17.8 Å². The predicted octanol–water partition coefficient (Wildman–Crippen LogP) is 1.64. The number of rotatable bonds is 2. The van der Waals surface area contributed by atoms with Crippen LogP contribution in [0.5, 0.6) is 0 Å². The topological polar surface area (TPSA) is 46.3 Å². The Morgan fingerprint density at radius 3 is 2.60 bits per heavy atom. The Morgan fingerprint density at radius 1 is 1.40 bits per heavy atom. The van der Waals surface area contributed by atoms with Crippen LogP contribution in [0.2, 0.25) is 0 Å². The predicted molar refractivity (Wildman–Crippen MR) is 60.1 cm³/mol. The van der Waals surface area contributed by atoms with Crippen LogP contribution in [0.1, 0.15) is 18.9 Å².